The summed E-state index contributed by atoms with van der Waals surface area (Å²) in [6.07, 6.45) is 5.10. The van der Waals surface area contributed by atoms with Gasteiger partial charge in [0.25, 0.3) is 0 Å². The Morgan fingerprint density at radius 2 is 1.76 bits per heavy atom. The van der Waals surface area contributed by atoms with Gasteiger partial charge in [0.05, 0.1) is 6.42 Å². The molecule has 0 aliphatic heterocycles. The van der Waals surface area contributed by atoms with E-state index in [0.717, 1.165) is 5.56 Å². The summed E-state index contributed by atoms with van der Waals surface area (Å²) < 4.78 is 0. The minimum atomic E-state index is -0.764. The maximum atomic E-state index is 11.0. The Bertz CT molecular complexity index is 625. The second-order valence-electron chi connectivity index (χ2n) is 5.84. The van der Waals surface area contributed by atoms with Gasteiger partial charge in [-0.2, -0.15) is 0 Å². The van der Waals surface area contributed by atoms with E-state index in [0.29, 0.717) is 5.92 Å². The summed E-state index contributed by atoms with van der Waals surface area (Å²) in [6, 6.07) is 16.6. The first-order chi connectivity index (χ1) is 10.2. The van der Waals surface area contributed by atoms with Crippen molar-refractivity contribution in [2.75, 3.05) is 0 Å². The van der Waals surface area contributed by atoms with Crippen molar-refractivity contribution >= 4 is 5.97 Å². The molecule has 1 fully saturated rings. The van der Waals surface area contributed by atoms with Gasteiger partial charge in [-0.05, 0) is 41.0 Å². The number of rotatable bonds is 4. The van der Waals surface area contributed by atoms with Crippen LogP contribution in [0.4, 0.5) is 0 Å². The normalized spacial score (nSPS) is 15.2. The van der Waals surface area contributed by atoms with Crippen molar-refractivity contribution < 1.29 is 9.90 Å². The van der Waals surface area contributed by atoms with E-state index >= 15 is 0 Å². The number of hydrogen-bond acceptors (Lipinski definition) is 1. The van der Waals surface area contributed by atoms with Gasteiger partial charge >= 0.3 is 5.97 Å². The van der Waals surface area contributed by atoms with Gasteiger partial charge in [-0.1, -0.05) is 61.4 Å². The summed E-state index contributed by atoms with van der Waals surface area (Å²) in [4.78, 5) is 11.0. The summed E-state index contributed by atoms with van der Waals surface area (Å²) in [5.74, 6) is -0.186. The zero-order chi connectivity index (χ0) is 14.7. The van der Waals surface area contributed by atoms with Crippen molar-refractivity contribution in [2.45, 2.75) is 38.0 Å². The lowest BCUT2D eigenvalue weighted by Crippen LogP contribution is -2.03. The molecule has 2 aromatic carbocycles. The van der Waals surface area contributed by atoms with E-state index in [9.17, 15) is 4.79 Å². The number of carboxylic acid groups (broad SMARTS) is 1. The van der Waals surface area contributed by atoms with E-state index in [2.05, 4.69) is 36.4 Å². The second kappa shape index (κ2) is 6.13. The molecule has 0 spiro atoms. The topological polar surface area (TPSA) is 37.3 Å². The van der Waals surface area contributed by atoms with Crippen LogP contribution in [0.2, 0.25) is 0 Å². The Morgan fingerprint density at radius 1 is 1.05 bits per heavy atom. The molecule has 2 nitrogen and oxygen atoms in total. The number of carboxylic acids is 1. The van der Waals surface area contributed by atoms with E-state index in [1.54, 1.807) is 0 Å². The Morgan fingerprint density at radius 3 is 2.43 bits per heavy atom. The van der Waals surface area contributed by atoms with Crippen molar-refractivity contribution in [3.63, 3.8) is 0 Å². The summed E-state index contributed by atoms with van der Waals surface area (Å²) in [5, 5.41) is 9.01. The molecule has 0 saturated heterocycles. The van der Waals surface area contributed by atoms with Crippen LogP contribution in [0.15, 0.2) is 48.5 Å². The molecule has 0 amide bonds. The van der Waals surface area contributed by atoms with Gasteiger partial charge in [-0.3, -0.25) is 4.79 Å². The van der Waals surface area contributed by atoms with Gasteiger partial charge in [0.2, 0.25) is 0 Å². The predicted molar refractivity (Wildman–Crippen MR) is 84.4 cm³/mol. The number of hydrogen-bond donors (Lipinski definition) is 1. The van der Waals surface area contributed by atoms with Crippen molar-refractivity contribution in [3.05, 3.63) is 59.7 Å². The quantitative estimate of drug-likeness (QED) is 0.886. The molecule has 1 N–H and O–H groups in total. The third-order valence-electron chi connectivity index (χ3n) is 4.35. The summed E-state index contributed by atoms with van der Waals surface area (Å²) >= 11 is 0. The molecule has 0 bridgehead atoms. The zero-order valence-electron chi connectivity index (χ0n) is 12.1. The minimum Gasteiger partial charge on any atom is -0.481 e. The Labute approximate surface area is 125 Å². The summed E-state index contributed by atoms with van der Waals surface area (Å²) in [7, 11) is 0. The molecule has 0 atom stereocenters. The van der Waals surface area contributed by atoms with Gasteiger partial charge < -0.3 is 5.11 Å². The first kappa shape index (κ1) is 13.9. The molecule has 3 rings (SSSR count). The van der Waals surface area contributed by atoms with Crippen LogP contribution in [0.5, 0.6) is 0 Å². The SMILES string of the molecule is O=C(O)Cc1ccc(-c2ccccc2)c(C2CCCC2)c1. The van der Waals surface area contributed by atoms with Crippen LogP contribution in [-0.4, -0.2) is 11.1 Å². The molecule has 1 aliphatic carbocycles. The number of aliphatic carboxylic acids is 1. The second-order valence-corrected chi connectivity index (χ2v) is 5.84. The van der Waals surface area contributed by atoms with Crippen LogP contribution in [-0.2, 0) is 11.2 Å². The van der Waals surface area contributed by atoms with Crippen molar-refractivity contribution in [2.24, 2.45) is 0 Å². The lowest BCUT2D eigenvalue weighted by Gasteiger charge is -2.17. The fourth-order valence-corrected chi connectivity index (χ4v) is 3.35. The van der Waals surface area contributed by atoms with Crippen molar-refractivity contribution in [1.82, 2.24) is 0 Å². The largest absolute Gasteiger partial charge is 0.481 e. The molecule has 2 heteroatoms. The molecular weight excluding hydrogens is 260 g/mol. The van der Waals surface area contributed by atoms with Gasteiger partial charge in [0, 0.05) is 0 Å². The van der Waals surface area contributed by atoms with Gasteiger partial charge in [-0.25, -0.2) is 0 Å². The molecular formula is C19H20O2. The van der Waals surface area contributed by atoms with Gasteiger partial charge in [0.15, 0.2) is 0 Å². The third kappa shape index (κ3) is 3.15. The standard InChI is InChI=1S/C19H20O2/c20-19(21)13-14-10-11-17(15-6-2-1-3-7-15)18(12-14)16-8-4-5-9-16/h1-3,6-7,10-12,16H,4-5,8-9,13H2,(H,20,21). The van der Waals surface area contributed by atoms with E-state index in [1.807, 2.05) is 12.1 Å². The summed E-state index contributed by atoms with van der Waals surface area (Å²) in [6.45, 7) is 0. The van der Waals surface area contributed by atoms with Crippen LogP contribution in [0, 0.1) is 0 Å². The monoisotopic (exact) mass is 280 g/mol. The van der Waals surface area contributed by atoms with Crippen LogP contribution in [0.3, 0.4) is 0 Å². The highest BCUT2D eigenvalue weighted by Crippen LogP contribution is 2.39. The smallest absolute Gasteiger partial charge is 0.307 e. The predicted octanol–water partition coefficient (Wildman–Crippen LogP) is 4.64. The summed E-state index contributed by atoms with van der Waals surface area (Å²) in [5.41, 5.74) is 4.72. The third-order valence-corrected chi connectivity index (χ3v) is 4.35. The Kier molecular flexibility index (Phi) is 4.05. The minimum absolute atomic E-state index is 0.106. The fraction of sp³-hybridized carbons (Fsp3) is 0.316. The Balaban J connectivity index is 2.04. The van der Waals surface area contributed by atoms with E-state index in [4.69, 9.17) is 5.11 Å². The average molecular weight is 280 g/mol. The van der Waals surface area contributed by atoms with Gasteiger partial charge in [-0.15, -0.1) is 0 Å². The fourth-order valence-electron chi connectivity index (χ4n) is 3.35. The van der Waals surface area contributed by atoms with Gasteiger partial charge in [0.1, 0.15) is 0 Å². The maximum absolute atomic E-state index is 11.0. The van der Waals surface area contributed by atoms with E-state index < -0.39 is 5.97 Å². The van der Waals surface area contributed by atoms with Crippen LogP contribution < -0.4 is 0 Å². The molecule has 0 heterocycles. The molecule has 0 unspecified atom stereocenters. The highest BCUT2D eigenvalue weighted by molar-refractivity contribution is 5.73. The molecule has 0 aromatic heterocycles. The van der Waals surface area contributed by atoms with Crippen LogP contribution >= 0.6 is 0 Å². The maximum Gasteiger partial charge on any atom is 0.307 e. The number of carbonyl (C=O) groups is 1. The van der Waals surface area contributed by atoms with Crippen LogP contribution in [0.25, 0.3) is 11.1 Å². The molecule has 2 aromatic rings. The molecule has 0 radical (unpaired) electrons. The lowest BCUT2D eigenvalue weighted by molar-refractivity contribution is -0.136. The average Bonchev–Trinajstić information content (AvgIpc) is 3.01. The molecule has 21 heavy (non-hydrogen) atoms. The van der Waals surface area contributed by atoms with E-state index in [-0.39, 0.29) is 6.42 Å². The van der Waals surface area contributed by atoms with E-state index in [1.165, 1.54) is 42.4 Å². The lowest BCUT2D eigenvalue weighted by atomic mass is 9.87. The van der Waals surface area contributed by atoms with Crippen molar-refractivity contribution in [1.29, 1.82) is 0 Å². The highest BCUT2D eigenvalue weighted by Gasteiger charge is 2.21. The van der Waals surface area contributed by atoms with Crippen molar-refractivity contribution in [3.8, 4) is 11.1 Å². The number of benzene rings is 2. The zero-order valence-corrected chi connectivity index (χ0v) is 12.1. The highest BCUT2D eigenvalue weighted by atomic mass is 16.4. The molecule has 1 aliphatic rings. The first-order valence-corrected chi connectivity index (χ1v) is 7.64. The first-order valence-electron chi connectivity index (χ1n) is 7.64. The molecule has 1 saturated carbocycles. The Hall–Kier alpha value is -2.09. The molecule has 108 valence electrons. The van der Waals surface area contributed by atoms with Crippen LogP contribution in [0.1, 0.15) is 42.7 Å².